The topological polar surface area (TPSA) is 75.5 Å². The largest absolute Gasteiger partial charge is 0.336 e. The van der Waals surface area contributed by atoms with E-state index >= 15 is 0 Å². The zero-order chi connectivity index (χ0) is 21.3. The summed E-state index contributed by atoms with van der Waals surface area (Å²) in [7, 11) is -3.62. The summed E-state index contributed by atoms with van der Waals surface area (Å²) in [6, 6.07) is 13.2. The Labute approximate surface area is 184 Å². The molecule has 0 saturated carbocycles. The van der Waals surface area contributed by atoms with E-state index in [1.165, 1.54) is 22.6 Å². The standard InChI is InChI=1S/C20H18Cl2N4O3S/c21-16-1-5-18(6-2-16)26-14-15(13-23-26)20(27)24-9-11-25(12-10-24)30(28,29)19-7-3-17(22)4-8-19/h1-8,13-14H,9-12H2. The van der Waals surface area contributed by atoms with E-state index < -0.39 is 10.0 Å². The second-order valence-corrected chi connectivity index (χ2v) is 9.61. The van der Waals surface area contributed by atoms with Gasteiger partial charge in [-0.05, 0) is 48.5 Å². The quantitative estimate of drug-likeness (QED) is 0.593. The van der Waals surface area contributed by atoms with Gasteiger partial charge in [0.05, 0.1) is 22.3 Å². The average Bonchev–Trinajstić information content (AvgIpc) is 3.24. The van der Waals surface area contributed by atoms with E-state index in [1.807, 2.05) is 12.1 Å². The van der Waals surface area contributed by atoms with Crippen molar-refractivity contribution in [3.63, 3.8) is 0 Å². The van der Waals surface area contributed by atoms with Crippen LogP contribution in [0.3, 0.4) is 0 Å². The van der Waals surface area contributed by atoms with E-state index in [4.69, 9.17) is 23.2 Å². The Bertz CT molecular complexity index is 1150. The van der Waals surface area contributed by atoms with Gasteiger partial charge in [-0.1, -0.05) is 23.2 Å². The van der Waals surface area contributed by atoms with Crippen LogP contribution in [0.2, 0.25) is 10.0 Å². The first-order chi connectivity index (χ1) is 14.3. The van der Waals surface area contributed by atoms with Gasteiger partial charge in [-0.15, -0.1) is 0 Å². The van der Waals surface area contributed by atoms with Gasteiger partial charge < -0.3 is 4.90 Å². The predicted molar refractivity (Wildman–Crippen MR) is 115 cm³/mol. The van der Waals surface area contributed by atoms with Crippen molar-refractivity contribution in [2.45, 2.75) is 4.90 Å². The van der Waals surface area contributed by atoms with Crippen molar-refractivity contribution in [2.24, 2.45) is 0 Å². The SMILES string of the molecule is O=C(c1cnn(-c2ccc(Cl)cc2)c1)N1CCN(S(=O)(=O)c2ccc(Cl)cc2)CC1. The lowest BCUT2D eigenvalue weighted by Gasteiger charge is -2.33. The molecule has 0 aliphatic carbocycles. The monoisotopic (exact) mass is 464 g/mol. The molecular weight excluding hydrogens is 447 g/mol. The van der Waals surface area contributed by atoms with Crippen molar-refractivity contribution >= 4 is 39.1 Å². The third-order valence-electron chi connectivity index (χ3n) is 4.90. The molecule has 0 bridgehead atoms. The number of piperazine rings is 1. The Morgan fingerprint density at radius 1 is 0.867 bits per heavy atom. The normalized spacial score (nSPS) is 15.3. The first kappa shape index (κ1) is 20.9. The van der Waals surface area contributed by atoms with Crippen molar-refractivity contribution in [1.29, 1.82) is 0 Å². The molecule has 1 saturated heterocycles. The van der Waals surface area contributed by atoms with E-state index in [0.29, 0.717) is 28.7 Å². The van der Waals surface area contributed by atoms with Crippen LogP contribution in [-0.4, -0.2) is 59.5 Å². The highest BCUT2D eigenvalue weighted by molar-refractivity contribution is 7.89. The summed E-state index contributed by atoms with van der Waals surface area (Å²) < 4.78 is 28.6. The minimum absolute atomic E-state index is 0.182. The van der Waals surface area contributed by atoms with E-state index in [9.17, 15) is 13.2 Å². The van der Waals surface area contributed by atoms with E-state index in [1.54, 1.807) is 40.0 Å². The highest BCUT2D eigenvalue weighted by Crippen LogP contribution is 2.21. The van der Waals surface area contributed by atoms with Crippen LogP contribution < -0.4 is 0 Å². The molecule has 3 aromatic rings. The number of carbonyl (C=O) groups is 1. The molecule has 0 N–H and O–H groups in total. The smallest absolute Gasteiger partial charge is 0.257 e. The summed E-state index contributed by atoms with van der Waals surface area (Å²) >= 11 is 11.7. The molecule has 0 radical (unpaired) electrons. The van der Waals surface area contributed by atoms with Crippen LogP contribution in [0.25, 0.3) is 5.69 Å². The van der Waals surface area contributed by atoms with Gasteiger partial charge in [0.1, 0.15) is 0 Å². The predicted octanol–water partition coefficient (Wildman–Crippen LogP) is 3.33. The number of aromatic nitrogens is 2. The number of nitrogens with zero attached hydrogens (tertiary/aromatic N) is 4. The lowest BCUT2D eigenvalue weighted by atomic mass is 10.2. The van der Waals surface area contributed by atoms with Gasteiger partial charge in [0.25, 0.3) is 5.91 Å². The first-order valence-corrected chi connectivity index (χ1v) is 11.4. The van der Waals surface area contributed by atoms with Crippen LogP contribution in [0.5, 0.6) is 0 Å². The van der Waals surface area contributed by atoms with Crippen LogP contribution >= 0.6 is 23.2 Å². The summed E-state index contributed by atoms with van der Waals surface area (Å²) in [6.45, 7) is 1.06. The van der Waals surface area contributed by atoms with Gasteiger partial charge in [-0.3, -0.25) is 4.79 Å². The third-order valence-corrected chi connectivity index (χ3v) is 7.31. The molecule has 10 heteroatoms. The number of rotatable bonds is 4. The Morgan fingerprint density at radius 2 is 1.43 bits per heavy atom. The average molecular weight is 465 g/mol. The molecule has 2 heterocycles. The molecule has 30 heavy (non-hydrogen) atoms. The number of halogens is 2. The van der Waals surface area contributed by atoms with E-state index in [-0.39, 0.29) is 23.9 Å². The lowest BCUT2D eigenvalue weighted by Crippen LogP contribution is -2.50. The molecular formula is C20H18Cl2N4O3S. The van der Waals surface area contributed by atoms with Gasteiger partial charge in [0.2, 0.25) is 10.0 Å². The molecule has 1 fully saturated rings. The van der Waals surface area contributed by atoms with Crippen LogP contribution in [0.15, 0.2) is 65.8 Å². The number of benzene rings is 2. The van der Waals surface area contributed by atoms with Crippen LogP contribution in [0.4, 0.5) is 0 Å². The minimum Gasteiger partial charge on any atom is -0.336 e. The number of amides is 1. The maximum atomic E-state index is 12.8. The Hall–Kier alpha value is -2.39. The van der Waals surface area contributed by atoms with Gasteiger partial charge in [0.15, 0.2) is 0 Å². The molecule has 0 spiro atoms. The van der Waals surface area contributed by atoms with Gasteiger partial charge in [-0.25, -0.2) is 13.1 Å². The zero-order valence-electron chi connectivity index (χ0n) is 15.8. The second-order valence-electron chi connectivity index (χ2n) is 6.80. The van der Waals surface area contributed by atoms with E-state index in [0.717, 1.165) is 5.69 Å². The highest BCUT2D eigenvalue weighted by Gasteiger charge is 2.30. The number of carbonyl (C=O) groups excluding carboxylic acids is 1. The molecule has 1 aromatic heterocycles. The van der Waals surface area contributed by atoms with Crippen molar-refractivity contribution < 1.29 is 13.2 Å². The number of sulfonamides is 1. The number of hydrogen-bond donors (Lipinski definition) is 0. The summed E-state index contributed by atoms with van der Waals surface area (Å²) in [5.74, 6) is -0.182. The maximum absolute atomic E-state index is 12.8. The number of hydrogen-bond acceptors (Lipinski definition) is 4. The summed E-state index contributed by atoms with van der Waals surface area (Å²) in [6.07, 6.45) is 3.16. The van der Waals surface area contributed by atoms with Gasteiger partial charge in [0, 0.05) is 42.4 Å². The van der Waals surface area contributed by atoms with Crippen LogP contribution in [-0.2, 0) is 10.0 Å². The van der Waals surface area contributed by atoms with Gasteiger partial charge in [-0.2, -0.15) is 9.40 Å². The Kier molecular flexibility index (Phi) is 5.84. The minimum atomic E-state index is -3.62. The Morgan fingerprint density at radius 3 is 2.03 bits per heavy atom. The van der Waals surface area contributed by atoms with Crippen LogP contribution in [0.1, 0.15) is 10.4 Å². The van der Waals surface area contributed by atoms with Crippen molar-refractivity contribution in [1.82, 2.24) is 19.0 Å². The maximum Gasteiger partial charge on any atom is 0.257 e. The molecule has 156 valence electrons. The van der Waals surface area contributed by atoms with Crippen molar-refractivity contribution in [2.75, 3.05) is 26.2 Å². The molecule has 2 aromatic carbocycles. The molecule has 7 nitrogen and oxygen atoms in total. The molecule has 0 atom stereocenters. The fourth-order valence-corrected chi connectivity index (χ4v) is 4.91. The molecule has 1 aliphatic rings. The molecule has 0 unspecified atom stereocenters. The summed E-state index contributed by atoms with van der Waals surface area (Å²) in [4.78, 5) is 14.7. The molecule has 1 aliphatic heterocycles. The second kappa shape index (κ2) is 8.39. The van der Waals surface area contributed by atoms with Gasteiger partial charge >= 0.3 is 0 Å². The molecule has 1 amide bonds. The highest BCUT2D eigenvalue weighted by atomic mass is 35.5. The van der Waals surface area contributed by atoms with Crippen molar-refractivity contribution in [3.05, 3.63) is 76.5 Å². The van der Waals surface area contributed by atoms with E-state index in [2.05, 4.69) is 5.10 Å². The fourth-order valence-electron chi connectivity index (χ4n) is 3.24. The van der Waals surface area contributed by atoms with Crippen molar-refractivity contribution in [3.8, 4) is 5.69 Å². The summed E-state index contributed by atoms with van der Waals surface area (Å²) in [5, 5.41) is 5.34. The fraction of sp³-hybridized carbons (Fsp3) is 0.200. The zero-order valence-corrected chi connectivity index (χ0v) is 18.1. The van der Waals surface area contributed by atoms with Crippen LogP contribution in [0, 0.1) is 0 Å². The Balaban J connectivity index is 1.42. The first-order valence-electron chi connectivity index (χ1n) is 9.20. The third kappa shape index (κ3) is 4.22. The molecule has 4 rings (SSSR count). The lowest BCUT2D eigenvalue weighted by molar-refractivity contribution is 0.0698. The summed E-state index contributed by atoms with van der Waals surface area (Å²) in [5.41, 5.74) is 1.23.